The van der Waals surface area contributed by atoms with E-state index in [1.165, 1.54) is 57.8 Å². The molecule has 0 aliphatic rings. The highest BCUT2D eigenvalue weighted by Crippen LogP contribution is 2.31. The van der Waals surface area contributed by atoms with Gasteiger partial charge in [0, 0.05) is 79.1 Å². The van der Waals surface area contributed by atoms with E-state index < -0.39 is 0 Å². The van der Waals surface area contributed by atoms with Gasteiger partial charge in [0.25, 0.3) is 0 Å². The molecule has 166 valence electrons. The van der Waals surface area contributed by atoms with Crippen molar-refractivity contribution in [2.45, 2.75) is 39.5 Å². The minimum absolute atomic E-state index is 1.11. The molecule has 30 heavy (non-hydrogen) atoms. The second kappa shape index (κ2) is 10.1. The van der Waals surface area contributed by atoms with Crippen molar-refractivity contribution in [2.75, 3.05) is 76.0 Å². The van der Waals surface area contributed by atoms with E-state index in [2.05, 4.69) is 114 Å². The average Bonchev–Trinajstić information content (AvgIpc) is 2.65. The molecule has 4 heteroatoms. The largest absolute Gasteiger partial charge is 0.377 e. The molecule has 0 aliphatic heterocycles. The molecule has 2 rings (SSSR count). The first-order valence-corrected chi connectivity index (χ1v) is 11.0. The van der Waals surface area contributed by atoms with Gasteiger partial charge in [-0.05, 0) is 86.1 Å². The molecule has 2 aromatic rings. The van der Waals surface area contributed by atoms with E-state index in [0.29, 0.717) is 0 Å². The van der Waals surface area contributed by atoms with E-state index in [1.807, 2.05) is 0 Å². The maximum Gasteiger partial charge on any atom is 0.0397 e. The van der Waals surface area contributed by atoms with E-state index in [-0.39, 0.29) is 0 Å². The number of nitrogens with zero attached hydrogens (tertiary/aromatic N) is 4. The maximum atomic E-state index is 2.38. The third kappa shape index (κ3) is 5.62. The Bertz CT molecular complexity index is 779. The molecule has 0 fully saturated rings. The van der Waals surface area contributed by atoms with Crippen LogP contribution in [0.15, 0.2) is 24.3 Å². The number of unbranched alkanes of at least 4 members (excludes halogenated alkanes) is 1. The van der Waals surface area contributed by atoms with Crippen molar-refractivity contribution < 1.29 is 0 Å². The number of aryl methyl sites for hydroxylation is 4. The van der Waals surface area contributed by atoms with Crippen molar-refractivity contribution in [3.63, 3.8) is 0 Å². The summed E-state index contributed by atoms with van der Waals surface area (Å²) in [6, 6.07) is 9.42. The molecule has 0 radical (unpaired) electrons. The lowest BCUT2D eigenvalue weighted by atomic mass is 9.97. The molecular formula is C26H42N4. The van der Waals surface area contributed by atoms with E-state index in [9.17, 15) is 0 Å². The molecule has 4 nitrogen and oxygen atoms in total. The van der Waals surface area contributed by atoms with Gasteiger partial charge in [-0.1, -0.05) is 0 Å². The summed E-state index contributed by atoms with van der Waals surface area (Å²) in [7, 11) is 17.1. The van der Waals surface area contributed by atoms with Gasteiger partial charge in [0.15, 0.2) is 0 Å². The van der Waals surface area contributed by atoms with Gasteiger partial charge in [-0.25, -0.2) is 0 Å². The van der Waals surface area contributed by atoms with Crippen LogP contribution in [0.1, 0.15) is 35.1 Å². The average molecular weight is 411 g/mol. The highest BCUT2D eigenvalue weighted by molar-refractivity contribution is 5.66. The Labute approximate surface area is 185 Å². The van der Waals surface area contributed by atoms with Crippen molar-refractivity contribution in [3.8, 4) is 0 Å². The summed E-state index contributed by atoms with van der Waals surface area (Å²) >= 11 is 0. The normalized spacial score (nSPS) is 10.9. The fourth-order valence-corrected chi connectivity index (χ4v) is 4.28. The van der Waals surface area contributed by atoms with Gasteiger partial charge >= 0.3 is 0 Å². The Morgan fingerprint density at radius 2 is 0.767 bits per heavy atom. The molecule has 0 N–H and O–H groups in total. The standard InChI is InChI=1S/C26H42N4/c1-19-15-25(29(7)8)21(17-23(19)27(3)4)13-11-12-14-22-18-24(28(5)6)20(2)16-26(22)30(9)10/h15-18H,11-14H2,1-10H3. The molecule has 0 bridgehead atoms. The fraction of sp³-hybridized carbons (Fsp3) is 0.538. The quantitative estimate of drug-likeness (QED) is 0.531. The summed E-state index contributed by atoms with van der Waals surface area (Å²) in [6.07, 6.45) is 4.60. The number of anilines is 4. The zero-order valence-electron chi connectivity index (χ0n) is 20.9. The topological polar surface area (TPSA) is 13.0 Å². The Morgan fingerprint density at radius 1 is 0.467 bits per heavy atom. The molecule has 0 aliphatic carbocycles. The SMILES string of the molecule is Cc1cc(N(C)C)c(CCCCc2cc(N(C)C)c(C)cc2N(C)C)cc1N(C)C. The lowest BCUT2D eigenvalue weighted by Crippen LogP contribution is -2.16. The predicted molar refractivity (Wildman–Crippen MR) is 136 cm³/mol. The molecule has 0 saturated heterocycles. The molecular weight excluding hydrogens is 368 g/mol. The van der Waals surface area contributed by atoms with Crippen LogP contribution in [0.2, 0.25) is 0 Å². The second-order valence-electron chi connectivity index (χ2n) is 9.32. The van der Waals surface area contributed by atoms with Crippen molar-refractivity contribution in [1.82, 2.24) is 0 Å². The summed E-state index contributed by atoms with van der Waals surface area (Å²) in [5, 5.41) is 0. The van der Waals surface area contributed by atoms with Crippen molar-refractivity contribution in [3.05, 3.63) is 46.5 Å². The molecule has 0 heterocycles. The van der Waals surface area contributed by atoms with Crippen LogP contribution >= 0.6 is 0 Å². The second-order valence-corrected chi connectivity index (χ2v) is 9.32. The minimum atomic E-state index is 1.11. The molecule has 0 amide bonds. The Hall–Kier alpha value is -2.36. The van der Waals surface area contributed by atoms with Gasteiger partial charge in [-0.2, -0.15) is 0 Å². The summed E-state index contributed by atoms with van der Waals surface area (Å²) in [6.45, 7) is 4.41. The van der Waals surface area contributed by atoms with Crippen LogP contribution in [0.25, 0.3) is 0 Å². The first-order valence-electron chi connectivity index (χ1n) is 11.0. The Morgan fingerprint density at radius 3 is 1.03 bits per heavy atom. The maximum absolute atomic E-state index is 2.38. The smallest absolute Gasteiger partial charge is 0.0397 e. The van der Waals surface area contributed by atoms with Gasteiger partial charge in [-0.3, -0.25) is 0 Å². The van der Waals surface area contributed by atoms with E-state index in [0.717, 1.165) is 12.8 Å². The van der Waals surface area contributed by atoms with Crippen molar-refractivity contribution in [2.24, 2.45) is 0 Å². The van der Waals surface area contributed by atoms with Crippen LogP contribution in [0, 0.1) is 13.8 Å². The van der Waals surface area contributed by atoms with Gasteiger partial charge in [-0.15, -0.1) is 0 Å². The lowest BCUT2D eigenvalue weighted by molar-refractivity contribution is 0.732. The van der Waals surface area contributed by atoms with Gasteiger partial charge in [0.1, 0.15) is 0 Å². The van der Waals surface area contributed by atoms with Gasteiger partial charge < -0.3 is 19.6 Å². The molecule has 0 aromatic heterocycles. The van der Waals surface area contributed by atoms with Crippen molar-refractivity contribution in [1.29, 1.82) is 0 Å². The molecule has 0 spiro atoms. The van der Waals surface area contributed by atoms with E-state index in [1.54, 1.807) is 0 Å². The van der Waals surface area contributed by atoms with Crippen LogP contribution in [0.5, 0.6) is 0 Å². The highest BCUT2D eigenvalue weighted by Gasteiger charge is 2.13. The fourth-order valence-electron chi connectivity index (χ4n) is 4.28. The van der Waals surface area contributed by atoms with Crippen molar-refractivity contribution >= 4 is 22.7 Å². The summed E-state index contributed by atoms with van der Waals surface area (Å²) in [5.74, 6) is 0. The molecule has 0 unspecified atom stereocenters. The van der Waals surface area contributed by atoms with Gasteiger partial charge in [0.05, 0.1) is 0 Å². The predicted octanol–water partition coefficient (Wildman–Crippen LogP) is 5.13. The van der Waals surface area contributed by atoms with E-state index >= 15 is 0 Å². The first kappa shape index (κ1) is 23.9. The number of rotatable bonds is 9. The van der Waals surface area contributed by atoms with Crippen LogP contribution < -0.4 is 19.6 Å². The minimum Gasteiger partial charge on any atom is -0.377 e. The third-order valence-corrected chi connectivity index (χ3v) is 5.86. The number of benzene rings is 2. The van der Waals surface area contributed by atoms with Crippen LogP contribution in [-0.4, -0.2) is 56.4 Å². The molecule has 0 atom stereocenters. The molecule has 2 aromatic carbocycles. The van der Waals surface area contributed by atoms with E-state index in [4.69, 9.17) is 0 Å². The molecule has 0 saturated carbocycles. The van der Waals surface area contributed by atoms with Crippen LogP contribution in [0.4, 0.5) is 22.7 Å². The van der Waals surface area contributed by atoms with Gasteiger partial charge in [0.2, 0.25) is 0 Å². The summed E-state index contributed by atoms with van der Waals surface area (Å²) in [4.78, 5) is 8.93. The Kier molecular flexibility index (Phi) is 8.05. The van der Waals surface area contributed by atoms with Crippen LogP contribution in [0.3, 0.4) is 0 Å². The first-order chi connectivity index (χ1) is 14.0. The summed E-state index contributed by atoms with van der Waals surface area (Å²) in [5.41, 5.74) is 10.9. The third-order valence-electron chi connectivity index (χ3n) is 5.86. The summed E-state index contributed by atoms with van der Waals surface area (Å²) < 4.78 is 0. The zero-order chi connectivity index (χ0) is 22.6. The number of hydrogen-bond acceptors (Lipinski definition) is 4. The number of hydrogen-bond donors (Lipinski definition) is 0. The Balaban J connectivity index is 2.17. The highest BCUT2D eigenvalue weighted by atomic mass is 15.1. The van der Waals surface area contributed by atoms with Crippen LogP contribution in [-0.2, 0) is 12.8 Å². The zero-order valence-corrected chi connectivity index (χ0v) is 20.9. The monoisotopic (exact) mass is 410 g/mol. The lowest BCUT2D eigenvalue weighted by Gasteiger charge is -2.24.